The maximum absolute atomic E-state index is 13.2. The van der Waals surface area contributed by atoms with E-state index in [1.807, 2.05) is 42.5 Å². The van der Waals surface area contributed by atoms with Crippen molar-refractivity contribution in [3.05, 3.63) is 82.3 Å². The van der Waals surface area contributed by atoms with Gasteiger partial charge in [-0.25, -0.2) is 0 Å². The summed E-state index contributed by atoms with van der Waals surface area (Å²) >= 11 is 3.75. The van der Waals surface area contributed by atoms with E-state index in [1.165, 1.54) is 0 Å². The van der Waals surface area contributed by atoms with Crippen LogP contribution in [0.15, 0.2) is 71.2 Å². The zero-order valence-corrected chi connectivity index (χ0v) is 13.7. The molecule has 4 aromatic rings. The minimum atomic E-state index is 0.119. The first-order chi connectivity index (χ1) is 11.3. The smallest absolute Gasteiger partial charge is 0.194 e. The standard InChI is InChI=1S/C21H11BrO/c22-20-15-8-3-2-7-14(15)19-18-13(10-5-11-17(18)20)12-6-1-4-9-16(12)21(19)23/h1-11H. The lowest BCUT2D eigenvalue weighted by molar-refractivity contribution is 0.104. The Morgan fingerprint density at radius 3 is 2.04 bits per heavy atom. The Balaban J connectivity index is 2.14. The van der Waals surface area contributed by atoms with Crippen LogP contribution in [-0.2, 0) is 0 Å². The second-order valence-electron chi connectivity index (χ2n) is 5.84. The second kappa shape index (κ2) is 4.53. The molecule has 1 aliphatic rings. The lowest BCUT2D eigenvalue weighted by Crippen LogP contribution is -2.10. The number of carbonyl (C=O) groups is 1. The molecule has 1 nitrogen and oxygen atoms in total. The van der Waals surface area contributed by atoms with Crippen LogP contribution in [0.4, 0.5) is 0 Å². The number of hydrogen-bond donors (Lipinski definition) is 0. The van der Waals surface area contributed by atoms with Gasteiger partial charge in [0, 0.05) is 21.0 Å². The van der Waals surface area contributed by atoms with Crippen molar-refractivity contribution in [3.8, 4) is 11.1 Å². The van der Waals surface area contributed by atoms with E-state index in [-0.39, 0.29) is 5.78 Å². The van der Waals surface area contributed by atoms with Crippen LogP contribution in [0.2, 0.25) is 0 Å². The quantitative estimate of drug-likeness (QED) is 0.312. The van der Waals surface area contributed by atoms with Crippen LogP contribution in [0.25, 0.3) is 32.7 Å². The van der Waals surface area contributed by atoms with Crippen LogP contribution in [-0.4, -0.2) is 5.78 Å². The molecule has 5 rings (SSSR count). The van der Waals surface area contributed by atoms with Crippen LogP contribution in [0.3, 0.4) is 0 Å². The molecule has 0 spiro atoms. The number of fused-ring (bicyclic) bond motifs is 4. The van der Waals surface area contributed by atoms with Crippen molar-refractivity contribution in [3.63, 3.8) is 0 Å². The first-order valence-electron chi connectivity index (χ1n) is 7.54. The first-order valence-corrected chi connectivity index (χ1v) is 8.33. The Bertz CT molecular complexity index is 1140. The highest BCUT2D eigenvalue weighted by molar-refractivity contribution is 9.10. The molecule has 0 saturated heterocycles. The van der Waals surface area contributed by atoms with Gasteiger partial charge >= 0.3 is 0 Å². The third kappa shape index (κ3) is 1.59. The van der Waals surface area contributed by atoms with E-state index in [9.17, 15) is 4.79 Å². The van der Waals surface area contributed by atoms with Crippen molar-refractivity contribution in [1.82, 2.24) is 0 Å². The van der Waals surface area contributed by atoms with Gasteiger partial charge in [0.15, 0.2) is 5.78 Å². The van der Waals surface area contributed by atoms with Gasteiger partial charge in [-0.1, -0.05) is 66.7 Å². The molecule has 0 bridgehead atoms. The molecule has 0 radical (unpaired) electrons. The Morgan fingerprint density at radius 1 is 0.609 bits per heavy atom. The topological polar surface area (TPSA) is 17.1 Å². The minimum Gasteiger partial charge on any atom is -0.289 e. The van der Waals surface area contributed by atoms with Gasteiger partial charge in [0.2, 0.25) is 0 Å². The molecule has 0 fully saturated rings. The predicted octanol–water partition coefficient (Wildman–Crippen LogP) is 5.97. The molecular weight excluding hydrogens is 348 g/mol. The molecule has 2 heteroatoms. The number of carbonyl (C=O) groups excluding carboxylic acids is 1. The summed E-state index contributed by atoms with van der Waals surface area (Å²) in [5, 5.41) is 4.25. The number of benzene rings is 4. The Hall–Kier alpha value is -2.45. The van der Waals surface area contributed by atoms with Gasteiger partial charge < -0.3 is 0 Å². The number of halogens is 1. The van der Waals surface area contributed by atoms with Crippen LogP contribution >= 0.6 is 15.9 Å². The van der Waals surface area contributed by atoms with Crippen molar-refractivity contribution in [2.45, 2.75) is 0 Å². The third-order valence-corrected chi connectivity index (χ3v) is 5.53. The van der Waals surface area contributed by atoms with Crippen LogP contribution in [0.1, 0.15) is 15.9 Å². The average molecular weight is 359 g/mol. The summed E-state index contributed by atoms with van der Waals surface area (Å²) in [6.07, 6.45) is 0. The van der Waals surface area contributed by atoms with Crippen LogP contribution < -0.4 is 0 Å². The van der Waals surface area contributed by atoms with E-state index in [0.717, 1.165) is 48.3 Å². The summed E-state index contributed by atoms with van der Waals surface area (Å²) in [5.74, 6) is 0.119. The molecule has 0 unspecified atom stereocenters. The van der Waals surface area contributed by atoms with Crippen molar-refractivity contribution in [1.29, 1.82) is 0 Å². The Labute approximate surface area is 141 Å². The lowest BCUT2D eigenvalue weighted by atomic mass is 9.80. The monoisotopic (exact) mass is 358 g/mol. The molecule has 0 heterocycles. The normalized spacial score (nSPS) is 12.7. The first kappa shape index (κ1) is 13.0. The molecule has 0 aliphatic heterocycles. The fraction of sp³-hybridized carbons (Fsp3) is 0. The SMILES string of the molecule is O=C1c2ccccc2-c2cccc3c(Br)c4ccccc4c1c23. The highest BCUT2D eigenvalue weighted by Crippen LogP contribution is 2.45. The number of ketones is 1. The van der Waals surface area contributed by atoms with E-state index in [2.05, 4.69) is 40.2 Å². The summed E-state index contributed by atoms with van der Waals surface area (Å²) in [4.78, 5) is 13.2. The van der Waals surface area contributed by atoms with Crippen molar-refractivity contribution >= 4 is 43.3 Å². The summed E-state index contributed by atoms with van der Waals surface area (Å²) in [7, 11) is 0. The highest BCUT2D eigenvalue weighted by atomic mass is 79.9. The molecule has 0 amide bonds. The predicted molar refractivity (Wildman–Crippen MR) is 98.0 cm³/mol. The van der Waals surface area contributed by atoms with E-state index >= 15 is 0 Å². The van der Waals surface area contributed by atoms with Crippen molar-refractivity contribution < 1.29 is 4.79 Å². The molecule has 0 saturated carbocycles. The fourth-order valence-electron chi connectivity index (χ4n) is 3.69. The number of hydrogen-bond acceptors (Lipinski definition) is 1. The lowest BCUT2D eigenvalue weighted by Gasteiger charge is -2.22. The molecule has 1 aliphatic carbocycles. The van der Waals surface area contributed by atoms with Crippen molar-refractivity contribution in [2.75, 3.05) is 0 Å². The van der Waals surface area contributed by atoms with Gasteiger partial charge in [-0.2, -0.15) is 0 Å². The second-order valence-corrected chi connectivity index (χ2v) is 6.63. The van der Waals surface area contributed by atoms with Gasteiger partial charge in [-0.15, -0.1) is 0 Å². The molecule has 0 atom stereocenters. The zero-order valence-electron chi connectivity index (χ0n) is 12.1. The van der Waals surface area contributed by atoms with Gasteiger partial charge in [0.1, 0.15) is 0 Å². The summed E-state index contributed by atoms with van der Waals surface area (Å²) in [6.45, 7) is 0. The van der Waals surface area contributed by atoms with Gasteiger partial charge in [-0.05, 0) is 43.2 Å². The minimum absolute atomic E-state index is 0.119. The van der Waals surface area contributed by atoms with Crippen molar-refractivity contribution in [2.24, 2.45) is 0 Å². The summed E-state index contributed by atoms with van der Waals surface area (Å²) in [5.41, 5.74) is 3.78. The van der Waals surface area contributed by atoms with Gasteiger partial charge in [-0.3, -0.25) is 4.79 Å². The molecule has 23 heavy (non-hydrogen) atoms. The van der Waals surface area contributed by atoms with Crippen LogP contribution in [0.5, 0.6) is 0 Å². The van der Waals surface area contributed by atoms with Crippen LogP contribution in [0, 0.1) is 0 Å². The Kier molecular flexibility index (Phi) is 2.56. The number of rotatable bonds is 0. The largest absolute Gasteiger partial charge is 0.289 e. The average Bonchev–Trinajstić information content (AvgIpc) is 2.61. The molecular formula is C21H11BrO. The van der Waals surface area contributed by atoms with Gasteiger partial charge in [0.05, 0.1) is 0 Å². The zero-order chi connectivity index (χ0) is 15.6. The Morgan fingerprint density at radius 2 is 1.22 bits per heavy atom. The molecule has 0 aromatic heterocycles. The summed E-state index contributed by atoms with van der Waals surface area (Å²) in [6, 6.07) is 22.3. The maximum atomic E-state index is 13.2. The molecule has 108 valence electrons. The van der Waals surface area contributed by atoms with E-state index in [0.29, 0.717) is 0 Å². The van der Waals surface area contributed by atoms with Gasteiger partial charge in [0.25, 0.3) is 0 Å². The fourth-order valence-corrected chi connectivity index (χ4v) is 4.36. The van der Waals surface area contributed by atoms with E-state index in [4.69, 9.17) is 0 Å². The summed E-state index contributed by atoms with van der Waals surface area (Å²) < 4.78 is 1.06. The van der Waals surface area contributed by atoms with E-state index < -0.39 is 0 Å². The molecule has 0 N–H and O–H groups in total. The molecule has 4 aromatic carbocycles. The maximum Gasteiger partial charge on any atom is 0.194 e. The highest BCUT2D eigenvalue weighted by Gasteiger charge is 2.27. The third-order valence-electron chi connectivity index (χ3n) is 4.67. The van der Waals surface area contributed by atoms with E-state index in [1.54, 1.807) is 0 Å².